The van der Waals surface area contributed by atoms with Gasteiger partial charge in [0.15, 0.2) is 0 Å². The smallest absolute Gasteiger partial charge is 0.326 e. The number of amides is 1. The Kier molecular flexibility index (Phi) is 3.90. The number of carboxylic acid groups (broad SMARTS) is 1. The van der Waals surface area contributed by atoms with Crippen LogP contribution in [0.1, 0.15) is 33.1 Å². The Balaban J connectivity index is 2.10. The van der Waals surface area contributed by atoms with Gasteiger partial charge >= 0.3 is 5.97 Å². The normalized spacial score (nSPS) is 36.7. The molecule has 0 aliphatic carbocycles. The summed E-state index contributed by atoms with van der Waals surface area (Å²) in [5, 5.41) is 12.5. The lowest BCUT2D eigenvalue weighted by Crippen LogP contribution is -2.55. The zero-order valence-corrected chi connectivity index (χ0v) is 11.1. The molecule has 2 N–H and O–H groups in total. The van der Waals surface area contributed by atoms with Crippen molar-refractivity contribution in [2.45, 2.75) is 45.2 Å². The van der Waals surface area contributed by atoms with Crippen LogP contribution in [0.25, 0.3) is 0 Å². The summed E-state index contributed by atoms with van der Waals surface area (Å²) in [5.74, 6) is -0.572. The summed E-state index contributed by atoms with van der Waals surface area (Å²) in [4.78, 5) is 25.3. The van der Waals surface area contributed by atoms with Gasteiger partial charge in [-0.1, -0.05) is 13.8 Å². The van der Waals surface area contributed by atoms with E-state index in [-0.39, 0.29) is 23.8 Å². The van der Waals surface area contributed by atoms with Gasteiger partial charge in [-0.25, -0.2) is 4.79 Å². The molecule has 2 rings (SSSR count). The number of carbonyl (C=O) groups excluding carboxylic acids is 1. The molecule has 5 nitrogen and oxygen atoms in total. The number of aliphatic carboxylic acids is 1. The number of nitrogens with one attached hydrogen (secondary N) is 1. The lowest BCUT2D eigenvalue weighted by molar-refractivity contribution is -0.151. The highest BCUT2D eigenvalue weighted by atomic mass is 16.4. The lowest BCUT2D eigenvalue weighted by Gasteiger charge is -2.34. The molecular weight excluding hydrogens is 232 g/mol. The van der Waals surface area contributed by atoms with Crippen LogP contribution in [0.5, 0.6) is 0 Å². The largest absolute Gasteiger partial charge is 0.480 e. The second-order valence-corrected chi connectivity index (χ2v) is 5.63. The van der Waals surface area contributed by atoms with Crippen LogP contribution < -0.4 is 5.32 Å². The molecule has 0 aromatic rings. The fourth-order valence-electron chi connectivity index (χ4n) is 3.13. The average molecular weight is 254 g/mol. The quantitative estimate of drug-likeness (QED) is 0.761. The average Bonchev–Trinajstić information content (AvgIpc) is 2.71. The molecule has 2 aliphatic heterocycles. The maximum absolute atomic E-state index is 12.5. The Bertz CT molecular complexity index is 345. The van der Waals surface area contributed by atoms with Gasteiger partial charge in [-0.2, -0.15) is 0 Å². The first-order chi connectivity index (χ1) is 8.52. The van der Waals surface area contributed by atoms with Crippen LogP contribution in [-0.4, -0.2) is 47.1 Å². The van der Waals surface area contributed by atoms with E-state index >= 15 is 0 Å². The predicted octanol–water partition coefficient (Wildman–Crippen LogP) is 0.696. The number of carbonyl (C=O) groups is 2. The number of likely N-dealkylation sites (tertiary alicyclic amines) is 1. The van der Waals surface area contributed by atoms with Crippen LogP contribution in [0.15, 0.2) is 0 Å². The third-order valence-corrected chi connectivity index (χ3v) is 4.27. The van der Waals surface area contributed by atoms with Gasteiger partial charge in [-0.15, -0.1) is 0 Å². The van der Waals surface area contributed by atoms with Crippen molar-refractivity contribution in [2.75, 3.05) is 13.1 Å². The molecule has 0 aromatic carbocycles. The number of hydrogen-bond acceptors (Lipinski definition) is 3. The Labute approximate surface area is 108 Å². The first-order valence-corrected chi connectivity index (χ1v) is 6.79. The molecule has 2 heterocycles. The maximum atomic E-state index is 12.5. The molecule has 4 atom stereocenters. The predicted molar refractivity (Wildman–Crippen MR) is 67.1 cm³/mol. The minimum absolute atomic E-state index is 0.0287. The van der Waals surface area contributed by atoms with Crippen molar-refractivity contribution in [1.29, 1.82) is 0 Å². The first kappa shape index (κ1) is 13.3. The molecular formula is C13H22N2O3. The van der Waals surface area contributed by atoms with E-state index in [9.17, 15) is 14.7 Å². The van der Waals surface area contributed by atoms with Crippen LogP contribution in [0, 0.1) is 11.8 Å². The number of nitrogens with zero attached hydrogens (tertiary/aromatic N) is 1. The van der Waals surface area contributed by atoms with Crippen molar-refractivity contribution < 1.29 is 14.7 Å². The van der Waals surface area contributed by atoms with Crippen LogP contribution in [0.3, 0.4) is 0 Å². The van der Waals surface area contributed by atoms with E-state index in [1.807, 2.05) is 6.92 Å². The van der Waals surface area contributed by atoms with Gasteiger partial charge in [-0.3, -0.25) is 4.79 Å². The molecule has 0 aromatic heterocycles. The fraction of sp³-hybridized carbons (Fsp3) is 0.846. The summed E-state index contributed by atoms with van der Waals surface area (Å²) < 4.78 is 0. The second kappa shape index (κ2) is 5.26. The molecule has 5 heteroatoms. The lowest BCUT2D eigenvalue weighted by atomic mass is 9.91. The van der Waals surface area contributed by atoms with Crippen molar-refractivity contribution in [1.82, 2.24) is 10.2 Å². The summed E-state index contributed by atoms with van der Waals surface area (Å²) in [6.45, 7) is 5.39. The third-order valence-electron chi connectivity index (χ3n) is 4.27. The monoisotopic (exact) mass is 254 g/mol. The van der Waals surface area contributed by atoms with Crippen LogP contribution >= 0.6 is 0 Å². The highest BCUT2D eigenvalue weighted by Gasteiger charge is 2.42. The van der Waals surface area contributed by atoms with E-state index in [4.69, 9.17) is 0 Å². The first-order valence-electron chi connectivity index (χ1n) is 6.79. The van der Waals surface area contributed by atoms with E-state index in [1.165, 1.54) is 0 Å². The van der Waals surface area contributed by atoms with Gasteiger partial charge in [0.25, 0.3) is 0 Å². The van der Waals surface area contributed by atoms with E-state index in [2.05, 4.69) is 12.2 Å². The summed E-state index contributed by atoms with van der Waals surface area (Å²) >= 11 is 0. The molecule has 0 bridgehead atoms. The Morgan fingerprint density at radius 3 is 2.56 bits per heavy atom. The molecule has 2 saturated heterocycles. The highest BCUT2D eigenvalue weighted by Crippen LogP contribution is 2.27. The Morgan fingerprint density at radius 1 is 1.22 bits per heavy atom. The zero-order chi connectivity index (χ0) is 13.3. The van der Waals surface area contributed by atoms with Crippen molar-refractivity contribution in [3.05, 3.63) is 0 Å². The van der Waals surface area contributed by atoms with Crippen LogP contribution in [0.4, 0.5) is 0 Å². The van der Waals surface area contributed by atoms with Crippen molar-refractivity contribution in [2.24, 2.45) is 11.8 Å². The summed E-state index contributed by atoms with van der Waals surface area (Å²) in [7, 11) is 0. The Morgan fingerprint density at radius 2 is 1.94 bits per heavy atom. The van der Waals surface area contributed by atoms with Gasteiger partial charge in [-0.05, 0) is 37.6 Å². The molecule has 1 amide bonds. The summed E-state index contributed by atoms with van der Waals surface area (Å²) in [5.41, 5.74) is 0. The van der Waals surface area contributed by atoms with Crippen LogP contribution in [0.2, 0.25) is 0 Å². The molecule has 0 radical (unpaired) electrons. The molecule has 4 unspecified atom stereocenters. The highest BCUT2D eigenvalue weighted by molar-refractivity contribution is 5.88. The summed E-state index contributed by atoms with van der Waals surface area (Å²) in [6, 6.07) is -0.848. The van der Waals surface area contributed by atoms with Gasteiger partial charge in [0.1, 0.15) is 6.04 Å². The van der Waals surface area contributed by atoms with Gasteiger partial charge in [0.05, 0.1) is 6.04 Å². The summed E-state index contributed by atoms with van der Waals surface area (Å²) in [6.07, 6.45) is 2.90. The van der Waals surface area contributed by atoms with Crippen LogP contribution in [-0.2, 0) is 9.59 Å². The third kappa shape index (κ3) is 2.36. The minimum Gasteiger partial charge on any atom is -0.480 e. The van der Waals surface area contributed by atoms with Gasteiger partial charge in [0.2, 0.25) is 5.91 Å². The molecule has 18 heavy (non-hydrogen) atoms. The second-order valence-electron chi connectivity index (χ2n) is 5.63. The zero-order valence-electron chi connectivity index (χ0n) is 11.1. The number of carboxylic acids is 1. The van der Waals surface area contributed by atoms with E-state index in [0.717, 1.165) is 25.8 Å². The molecule has 2 aliphatic rings. The minimum atomic E-state index is -0.878. The van der Waals surface area contributed by atoms with E-state index in [1.54, 1.807) is 4.90 Å². The molecule has 102 valence electrons. The van der Waals surface area contributed by atoms with Crippen molar-refractivity contribution >= 4 is 11.9 Å². The molecule has 0 saturated carbocycles. The molecule has 0 spiro atoms. The number of piperidine rings is 1. The van der Waals surface area contributed by atoms with E-state index in [0.29, 0.717) is 6.54 Å². The number of rotatable bonds is 2. The standard InChI is InChI=1S/C13H22N2O3/c1-8-4-3-6-14-10(8)12(16)15-7-5-9(2)11(15)13(17)18/h8-11,14H,3-7H2,1-2H3,(H,17,18). The SMILES string of the molecule is CC1CCCNC1C(=O)N1CCC(C)C1C(=O)O. The van der Waals surface area contributed by atoms with Gasteiger partial charge < -0.3 is 15.3 Å². The van der Waals surface area contributed by atoms with E-state index < -0.39 is 12.0 Å². The number of hydrogen-bond donors (Lipinski definition) is 2. The van der Waals surface area contributed by atoms with Crippen molar-refractivity contribution in [3.63, 3.8) is 0 Å². The fourth-order valence-corrected chi connectivity index (χ4v) is 3.13. The molecule has 2 fully saturated rings. The maximum Gasteiger partial charge on any atom is 0.326 e. The Hall–Kier alpha value is -1.10. The van der Waals surface area contributed by atoms with Crippen molar-refractivity contribution in [3.8, 4) is 0 Å². The van der Waals surface area contributed by atoms with Gasteiger partial charge in [0, 0.05) is 6.54 Å². The topological polar surface area (TPSA) is 69.6 Å².